The molecule has 3 aromatic rings. The van der Waals surface area contributed by atoms with E-state index in [0.29, 0.717) is 28.6 Å². The van der Waals surface area contributed by atoms with Crippen LogP contribution in [0.1, 0.15) is 16.7 Å². The Kier molecular flexibility index (Phi) is 10.3. The van der Waals surface area contributed by atoms with Crippen LogP contribution in [0.4, 0.5) is 0 Å². The number of ketones is 2. The molecule has 0 saturated carbocycles. The first kappa shape index (κ1) is 28.5. The Bertz CT molecular complexity index is 1340. The van der Waals surface area contributed by atoms with Crippen LogP contribution in [0.15, 0.2) is 96.3 Å². The third-order valence-electron chi connectivity index (χ3n) is 5.68. The monoisotopic (exact) mass is 526 g/mol. The fourth-order valence-electron chi connectivity index (χ4n) is 3.53. The average molecular weight is 527 g/mol. The Labute approximate surface area is 227 Å². The molecule has 1 N–H and O–H groups in total. The fraction of sp³-hybridized carbons (Fsp3) is 0.125. The minimum atomic E-state index is -0.648. The predicted molar refractivity (Wildman–Crippen MR) is 152 cm³/mol. The van der Waals surface area contributed by atoms with Crippen LogP contribution in [0.2, 0.25) is 0 Å². The lowest BCUT2D eigenvalue weighted by Gasteiger charge is -2.07. The van der Waals surface area contributed by atoms with Crippen LogP contribution in [0.5, 0.6) is 23.0 Å². The zero-order chi connectivity index (χ0) is 28.2. The van der Waals surface area contributed by atoms with Crippen LogP contribution < -0.4 is 18.9 Å². The number of ether oxygens (including phenoxy) is 4. The molecule has 0 heterocycles. The van der Waals surface area contributed by atoms with Crippen LogP contribution in [-0.4, -0.2) is 45.1 Å². The van der Waals surface area contributed by atoms with Gasteiger partial charge in [0, 0.05) is 0 Å². The van der Waals surface area contributed by atoms with Crippen LogP contribution in [0, 0.1) is 0 Å². The quantitative estimate of drug-likeness (QED) is 0.100. The smallest absolute Gasteiger partial charge is 0.193 e. The lowest BCUT2D eigenvalue weighted by molar-refractivity contribution is -0.117. The molecule has 0 unspecified atom stereocenters. The molecule has 39 heavy (non-hydrogen) atoms. The van der Waals surface area contributed by atoms with E-state index in [1.807, 2.05) is 0 Å². The van der Waals surface area contributed by atoms with Crippen molar-refractivity contribution in [2.45, 2.75) is 0 Å². The second-order valence-electron chi connectivity index (χ2n) is 8.15. The number of carbonyl (C=O) groups excluding carboxylic acids is 2. The summed E-state index contributed by atoms with van der Waals surface area (Å²) in [5.41, 5.74) is 1.75. The maximum Gasteiger partial charge on any atom is 0.193 e. The van der Waals surface area contributed by atoms with Gasteiger partial charge in [-0.1, -0.05) is 48.6 Å². The van der Waals surface area contributed by atoms with Gasteiger partial charge in [0.1, 0.15) is 22.8 Å². The van der Waals surface area contributed by atoms with E-state index in [9.17, 15) is 14.7 Å². The summed E-state index contributed by atoms with van der Waals surface area (Å²) >= 11 is 0. The molecule has 3 rings (SSSR count). The Hall–Kier alpha value is -5.04. The SMILES string of the molecule is COc1ccc(/C=C/C(=O)C(C(=O)/C=C/c2ccc(OC)cc2)=C(O)/C=C/c2ccc(OC)c(OC)c2)cc1. The van der Waals surface area contributed by atoms with E-state index in [1.54, 1.807) is 99.2 Å². The molecule has 0 aliphatic heterocycles. The lowest BCUT2D eigenvalue weighted by Crippen LogP contribution is -2.11. The summed E-state index contributed by atoms with van der Waals surface area (Å²) in [4.78, 5) is 26.3. The summed E-state index contributed by atoms with van der Waals surface area (Å²) in [6.45, 7) is 0. The van der Waals surface area contributed by atoms with Gasteiger partial charge < -0.3 is 24.1 Å². The Morgan fingerprint density at radius 1 is 0.564 bits per heavy atom. The number of benzene rings is 3. The zero-order valence-corrected chi connectivity index (χ0v) is 22.2. The van der Waals surface area contributed by atoms with Crippen molar-refractivity contribution in [3.8, 4) is 23.0 Å². The molecule has 3 aromatic carbocycles. The standard InChI is InChI=1S/C32H30O7/c1-36-25-13-5-22(6-14-25)9-17-27(33)32(28(34)18-10-23-7-15-26(37-2)16-8-23)29(35)19-11-24-12-20-30(38-3)31(21-24)39-4/h5-21,35H,1-4H3/b17-9+,18-10+,19-11+. The van der Waals surface area contributed by atoms with Crippen LogP contribution >= 0.6 is 0 Å². The van der Waals surface area contributed by atoms with Crippen molar-refractivity contribution in [2.24, 2.45) is 0 Å². The number of rotatable bonds is 12. The Morgan fingerprint density at radius 2 is 1.00 bits per heavy atom. The van der Waals surface area contributed by atoms with E-state index in [0.717, 1.165) is 11.1 Å². The summed E-state index contributed by atoms with van der Waals surface area (Å²) in [6, 6.07) is 19.3. The third kappa shape index (κ3) is 7.97. The van der Waals surface area contributed by atoms with Crippen molar-refractivity contribution in [1.82, 2.24) is 0 Å². The molecule has 0 atom stereocenters. The number of hydrogen-bond donors (Lipinski definition) is 1. The molecule has 7 nitrogen and oxygen atoms in total. The predicted octanol–water partition coefficient (Wildman–Crippen LogP) is 6.11. The number of hydrogen-bond acceptors (Lipinski definition) is 7. The summed E-state index contributed by atoms with van der Waals surface area (Å²) in [7, 11) is 6.18. The highest BCUT2D eigenvalue weighted by Gasteiger charge is 2.18. The van der Waals surface area contributed by atoms with Gasteiger partial charge in [-0.05, 0) is 71.3 Å². The zero-order valence-electron chi connectivity index (χ0n) is 22.2. The molecule has 200 valence electrons. The topological polar surface area (TPSA) is 91.3 Å². The van der Waals surface area contributed by atoms with E-state index in [4.69, 9.17) is 18.9 Å². The van der Waals surface area contributed by atoms with Gasteiger partial charge in [-0.2, -0.15) is 0 Å². The molecule has 0 radical (unpaired) electrons. The van der Waals surface area contributed by atoms with Crippen molar-refractivity contribution in [1.29, 1.82) is 0 Å². The molecule has 0 bridgehead atoms. The Balaban J connectivity index is 1.93. The van der Waals surface area contributed by atoms with Crippen LogP contribution in [-0.2, 0) is 9.59 Å². The maximum atomic E-state index is 13.1. The minimum Gasteiger partial charge on any atom is -0.507 e. The van der Waals surface area contributed by atoms with Gasteiger partial charge in [0.15, 0.2) is 23.1 Å². The molecule has 0 spiro atoms. The molecule has 0 aliphatic rings. The van der Waals surface area contributed by atoms with E-state index >= 15 is 0 Å². The van der Waals surface area contributed by atoms with Gasteiger partial charge in [-0.3, -0.25) is 9.59 Å². The number of carbonyl (C=O) groups is 2. The average Bonchev–Trinajstić information content (AvgIpc) is 2.98. The molecule has 7 heteroatoms. The van der Waals surface area contributed by atoms with Crippen LogP contribution in [0.3, 0.4) is 0 Å². The van der Waals surface area contributed by atoms with E-state index in [2.05, 4.69) is 0 Å². The second-order valence-corrected chi connectivity index (χ2v) is 8.15. The van der Waals surface area contributed by atoms with Crippen molar-refractivity contribution >= 4 is 29.8 Å². The molecule has 0 amide bonds. The van der Waals surface area contributed by atoms with Gasteiger partial charge in [0.25, 0.3) is 0 Å². The maximum absolute atomic E-state index is 13.1. The van der Waals surface area contributed by atoms with Gasteiger partial charge in [-0.15, -0.1) is 0 Å². The highest BCUT2D eigenvalue weighted by molar-refractivity contribution is 6.29. The number of methoxy groups -OCH3 is 4. The highest BCUT2D eigenvalue weighted by Crippen LogP contribution is 2.28. The summed E-state index contributed by atoms with van der Waals surface area (Å²) < 4.78 is 20.9. The van der Waals surface area contributed by atoms with Crippen molar-refractivity contribution in [2.75, 3.05) is 28.4 Å². The third-order valence-corrected chi connectivity index (χ3v) is 5.68. The number of aliphatic hydroxyl groups is 1. The lowest BCUT2D eigenvalue weighted by atomic mass is 10.0. The minimum absolute atomic E-state index is 0.374. The summed E-state index contributed by atoms with van der Waals surface area (Å²) in [5, 5.41) is 10.9. The molecule has 0 fully saturated rings. The molecular weight excluding hydrogens is 496 g/mol. The van der Waals surface area contributed by atoms with Gasteiger partial charge in [0.2, 0.25) is 0 Å². The first-order valence-electron chi connectivity index (χ1n) is 11.9. The van der Waals surface area contributed by atoms with E-state index in [1.165, 1.54) is 32.4 Å². The van der Waals surface area contributed by atoms with Crippen molar-refractivity contribution in [3.63, 3.8) is 0 Å². The fourth-order valence-corrected chi connectivity index (χ4v) is 3.53. The largest absolute Gasteiger partial charge is 0.507 e. The molecule has 0 saturated heterocycles. The molecule has 0 aromatic heterocycles. The highest BCUT2D eigenvalue weighted by atomic mass is 16.5. The molecular formula is C32H30O7. The van der Waals surface area contributed by atoms with Crippen molar-refractivity contribution in [3.05, 3.63) is 113 Å². The van der Waals surface area contributed by atoms with E-state index in [-0.39, 0.29) is 5.57 Å². The first-order chi connectivity index (χ1) is 18.9. The Morgan fingerprint density at radius 3 is 1.44 bits per heavy atom. The van der Waals surface area contributed by atoms with Crippen molar-refractivity contribution < 1.29 is 33.6 Å². The number of aliphatic hydroxyl groups excluding tert-OH is 1. The summed E-state index contributed by atoms with van der Waals surface area (Å²) in [6.07, 6.45) is 8.49. The first-order valence-corrected chi connectivity index (χ1v) is 11.9. The van der Waals surface area contributed by atoms with E-state index < -0.39 is 17.3 Å². The molecule has 0 aliphatic carbocycles. The van der Waals surface area contributed by atoms with Gasteiger partial charge in [0.05, 0.1) is 28.4 Å². The van der Waals surface area contributed by atoms with Gasteiger partial charge >= 0.3 is 0 Å². The second kappa shape index (κ2) is 14.0. The van der Waals surface area contributed by atoms with Gasteiger partial charge in [-0.25, -0.2) is 0 Å². The number of allylic oxidation sites excluding steroid dienone is 4. The summed E-state index contributed by atoms with van der Waals surface area (Å²) in [5.74, 6) is 0.632. The normalized spacial score (nSPS) is 11.1. The van der Waals surface area contributed by atoms with Crippen LogP contribution in [0.25, 0.3) is 18.2 Å².